The van der Waals surface area contributed by atoms with Gasteiger partial charge in [0, 0.05) is 12.2 Å². The zero-order chi connectivity index (χ0) is 17.1. The van der Waals surface area contributed by atoms with Crippen LogP contribution in [0.15, 0.2) is 18.2 Å². The molecule has 3 N–H and O–H groups in total. The van der Waals surface area contributed by atoms with Gasteiger partial charge in [0.15, 0.2) is 0 Å². The van der Waals surface area contributed by atoms with E-state index < -0.39 is 5.60 Å². The monoisotopic (exact) mass is 323 g/mol. The molecule has 0 unspecified atom stereocenters. The Morgan fingerprint density at radius 2 is 1.87 bits per heavy atom. The van der Waals surface area contributed by atoms with E-state index in [2.05, 4.69) is 15.1 Å². The molecule has 1 rings (SSSR count). The third kappa shape index (κ3) is 9.86. The summed E-state index contributed by atoms with van der Waals surface area (Å²) < 4.78 is 5.18. The van der Waals surface area contributed by atoms with Gasteiger partial charge in [0.1, 0.15) is 12.2 Å². The maximum Gasteiger partial charge on any atom is 0.407 e. The van der Waals surface area contributed by atoms with Crippen LogP contribution in [0.3, 0.4) is 0 Å². The lowest BCUT2D eigenvalue weighted by Gasteiger charge is -2.19. The molecule has 0 aromatic carbocycles. The molecule has 23 heavy (non-hydrogen) atoms. The van der Waals surface area contributed by atoms with Crippen LogP contribution in [0.1, 0.15) is 57.8 Å². The number of alkyl carbamates (subject to hydrolysis) is 1. The first-order valence-corrected chi connectivity index (χ1v) is 8.14. The highest BCUT2D eigenvalue weighted by Gasteiger charge is 2.15. The second kappa shape index (κ2) is 10.2. The third-order valence-corrected chi connectivity index (χ3v) is 3.12. The molecule has 0 atom stereocenters. The van der Waals surface area contributed by atoms with E-state index in [-0.39, 0.29) is 6.09 Å². The highest BCUT2D eigenvalue weighted by atomic mass is 16.6. The minimum Gasteiger partial charge on any atom is -0.444 e. The van der Waals surface area contributed by atoms with Crippen molar-refractivity contribution < 1.29 is 14.4 Å². The number of unbranched alkanes of at least 4 members (excludes halogenated alkanes) is 3. The number of nitrogens with zero attached hydrogens (tertiary/aromatic N) is 1. The van der Waals surface area contributed by atoms with Crippen molar-refractivity contribution in [2.45, 2.75) is 65.1 Å². The first-order chi connectivity index (χ1) is 10.9. The predicted molar refractivity (Wildman–Crippen MR) is 89.6 cm³/mol. The number of aryl methyl sites for hydroxylation is 1. The molecule has 0 fully saturated rings. The molecule has 0 spiro atoms. The molecule has 0 saturated heterocycles. The zero-order valence-electron chi connectivity index (χ0n) is 14.4. The molecule has 1 aromatic heterocycles. The number of carbonyl (C=O) groups is 1. The van der Waals surface area contributed by atoms with Crippen LogP contribution in [-0.2, 0) is 22.6 Å². The second-order valence-electron chi connectivity index (χ2n) is 6.52. The van der Waals surface area contributed by atoms with E-state index in [1.165, 1.54) is 0 Å². The standard InChI is InChI=1S/C17H29N3O3/c1-17(2,3)23-16(21)19-12-7-5-4-6-9-14-10-8-11-15(20-14)13-22-18/h8,10-11H,4-7,9,12-13,18H2,1-3H3,(H,19,21). The van der Waals surface area contributed by atoms with Crippen molar-refractivity contribution in [3.8, 4) is 0 Å². The summed E-state index contributed by atoms with van der Waals surface area (Å²) >= 11 is 0. The topological polar surface area (TPSA) is 86.5 Å². The van der Waals surface area contributed by atoms with Crippen LogP contribution in [0.2, 0.25) is 0 Å². The quantitative estimate of drug-likeness (QED) is 0.538. The number of hydrogen-bond donors (Lipinski definition) is 2. The smallest absolute Gasteiger partial charge is 0.407 e. The maximum atomic E-state index is 11.5. The van der Waals surface area contributed by atoms with Crippen molar-refractivity contribution in [2.24, 2.45) is 5.90 Å². The van der Waals surface area contributed by atoms with Crippen molar-refractivity contribution in [3.63, 3.8) is 0 Å². The van der Waals surface area contributed by atoms with Crippen molar-refractivity contribution in [1.29, 1.82) is 0 Å². The molecule has 0 aliphatic rings. The van der Waals surface area contributed by atoms with Crippen LogP contribution in [0.25, 0.3) is 0 Å². The van der Waals surface area contributed by atoms with Gasteiger partial charge in [0.2, 0.25) is 0 Å². The molecule has 130 valence electrons. The molecule has 1 aromatic rings. The molecule has 0 aliphatic carbocycles. The fourth-order valence-electron chi connectivity index (χ4n) is 2.12. The summed E-state index contributed by atoms with van der Waals surface area (Å²) in [4.78, 5) is 20.5. The van der Waals surface area contributed by atoms with E-state index in [4.69, 9.17) is 10.6 Å². The fraction of sp³-hybridized carbons (Fsp3) is 0.647. The number of nitrogens with two attached hydrogens (primary N) is 1. The molecule has 1 heterocycles. The molecule has 0 saturated carbocycles. The van der Waals surface area contributed by atoms with Crippen LogP contribution in [0.4, 0.5) is 4.79 Å². The summed E-state index contributed by atoms with van der Waals surface area (Å²) in [7, 11) is 0. The summed E-state index contributed by atoms with van der Waals surface area (Å²) in [5, 5.41) is 2.77. The Balaban J connectivity index is 2.07. The Morgan fingerprint density at radius 1 is 1.17 bits per heavy atom. The van der Waals surface area contributed by atoms with E-state index in [0.29, 0.717) is 13.2 Å². The molecule has 1 amide bonds. The maximum absolute atomic E-state index is 11.5. The number of hydrogen-bond acceptors (Lipinski definition) is 5. The van der Waals surface area contributed by atoms with Gasteiger partial charge in [-0.2, -0.15) is 0 Å². The molecule has 6 heteroatoms. The van der Waals surface area contributed by atoms with Gasteiger partial charge in [-0.1, -0.05) is 18.9 Å². The van der Waals surface area contributed by atoms with E-state index in [9.17, 15) is 4.79 Å². The predicted octanol–water partition coefficient (Wildman–Crippen LogP) is 3.10. The number of pyridine rings is 1. The van der Waals surface area contributed by atoms with Gasteiger partial charge >= 0.3 is 6.09 Å². The van der Waals surface area contributed by atoms with E-state index in [1.54, 1.807) is 0 Å². The third-order valence-electron chi connectivity index (χ3n) is 3.12. The highest BCUT2D eigenvalue weighted by Crippen LogP contribution is 2.08. The molecular weight excluding hydrogens is 294 g/mol. The van der Waals surface area contributed by atoms with Crippen LogP contribution in [-0.4, -0.2) is 23.2 Å². The van der Waals surface area contributed by atoms with Crippen molar-refractivity contribution >= 4 is 6.09 Å². The Bertz CT molecular complexity index is 472. The normalized spacial score (nSPS) is 11.3. The average Bonchev–Trinajstić information content (AvgIpc) is 2.45. The summed E-state index contributed by atoms with van der Waals surface area (Å²) in [6.07, 6.45) is 4.80. The van der Waals surface area contributed by atoms with E-state index in [1.807, 2.05) is 39.0 Å². The first kappa shape index (κ1) is 19.4. The average molecular weight is 323 g/mol. The van der Waals surface area contributed by atoms with Crippen molar-refractivity contribution in [2.75, 3.05) is 6.54 Å². The number of nitrogens with one attached hydrogen (secondary N) is 1. The van der Waals surface area contributed by atoms with Gasteiger partial charge in [-0.3, -0.25) is 9.82 Å². The molecular formula is C17H29N3O3. The molecule has 0 bridgehead atoms. The summed E-state index contributed by atoms with van der Waals surface area (Å²) in [6.45, 7) is 6.56. The van der Waals surface area contributed by atoms with Gasteiger partial charge in [-0.05, 0) is 52.2 Å². The van der Waals surface area contributed by atoms with Crippen LogP contribution < -0.4 is 11.2 Å². The molecule has 6 nitrogen and oxygen atoms in total. The minimum atomic E-state index is -0.444. The second-order valence-corrected chi connectivity index (χ2v) is 6.52. The van der Waals surface area contributed by atoms with Gasteiger partial charge < -0.3 is 10.1 Å². The number of carbonyl (C=O) groups excluding carboxylic acids is 1. The number of ether oxygens (including phenoxy) is 1. The SMILES string of the molecule is CC(C)(C)OC(=O)NCCCCCCc1cccc(CON)n1. The van der Waals surface area contributed by atoms with Crippen LogP contribution in [0.5, 0.6) is 0 Å². The minimum absolute atomic E-state index is 0.337. The largest absolute Gasteiger partial charge is 0.444 e. The van der Waals surface area contributed by atoms with E-state index in [0.717, 1.165) is 43.5 Å². The Hall–Kier alpha value is -1.66. The fourth-order valence-corrected chi connectivity index (χ4v) is 2.12. The zero-order valence-corrected chi connectivity index (χ0v) is 14.4. The Morgan fingerprint density at radius 3 is 2.57 bits per heavy atom. The lowest BCUT2D eigenvalue weighted by Crippen LogP contribution is -2.32. The van der Waals surface area contributed by atoms with Gasteiger partial charge in [-0.25, -0.2) is 10.7 Å². The Kier molecular flexibility index (Phi) is 8.58. The number of amides is 1. The molecule has 0 aliphatic heterocycles. The first-order valence-electron chi connectivity index (χ1n) is 8.14. The number of rotatable bonds is 9. The van der Waals surface area contributed by atoms with Crippen molar-refractivity contribution in [3.05, 3.63) is 29.6 Å². The lowest BCUT2D eigenvalue weighted by molar-refractivity contribution is 0.0527. The summed E-state index contributed by atoms with van der Waals surface area (Å²) in [5.74, 6) is 5.05. The van der Waals surface area contributed by atoms with Gasteiger partial charge in [0.25, 0.3) is 0 Å². The lowest BCUT2D eigenvalue weighted by atomic mass is 10.1. The van der Waals surface area contributed by atoms with Crippen molar-refractivity contribution in [1.82, 2.24) is 10.3 Å². The van der Waals surface area contributed by atoms with Crippen LogP contribution in [0, 0.1) is 0 Å². The summed E-state index contributed by atoms with van der Waals surface area (Å²) in [6, 6.07) is 5.89. The Labute approximate surface area is 138 Å². The molecule has 0 radical (unpaired) electrons. The number of aromatic nitrogens is 1. The van der Waals surface area contributed by atoms with Gasteiger partial charge in [-0.15, -0.1) is 0 Å². The van der Waals surface area contributed by atoms with Gasteiger partial charge in [0.05, 0.1) is 5.69 Å². The summed E-state index contributed by atoms with van der Waals surface area (Å²) in [5.41, 5.74) is 1.47. The highest BCUT2D eigenvalue weighted by molar-refractivity contribution is 5.67. The van der Waals surface area contributed by atoms with E-state index >= 15 is 0 Å². The van der Waals surface area contributed by atoms with Crippen LogP contribution >= 0.6 is 0 Å².